The zero-order valence-electron chi connectivity index (χ0n) is 12.7. The highest BCUT2D eigenvalue weighted by Crippen LogP contribution is 2.12. The molecular formula is C15H19N5O2. The van der Waals surface area contributed by atoms with Gasteiger partial charge in [-0.15, -0.1) is 0 Å². The van der Waals surface area contributed by atoms with Gasteiger partial charge in [-0.2, -0.15) is 0 Å². The summed E-state index contributed by atoms with van der Waals surface area (Å²) in [4.78, 5) is 25.1. The molecule has 7 nitrogen and oxygen atoms in total. The van der Waals surface area contributed by atoms with E-state index in [4.69, 9.17) is 5.11 Å². The molecule has 0 fully saturated rings. The Morgan fingerprint density at radius 3 is 2.41 bits per heavy atom. The number of aromatic nitrogens is 3. The minimum Gasteiger partial charge on any atom is -0.476 e. The Kier molecular flexibility index (Phi) is 5.24. The van der Waals surface area contributed by atoms with Crippen LogP contribution in [0.5, 0.6) is 0 Å². The Morgan fingerprint density at radius 2 is 1.91 bits per heavy atom. The summed E-state index contributed by atoms with van der Waals surface area (Å²) in [5.41, 5.74) is 0.941. The van der Waals surface area contributed by atoms with Gasteiger partial charge < -0.3 is 15.3 Å². The van der Waals surface area contributed by atoms with Crippen LogP contribution in [-0.2, 0) is 6.54 Å². The van der Waals surface area contributed by atoms with Crippen molar-refractivity contribution in [1.82, 2.24) is 15.0 Å². The zero-order chi connectivity index (χ0) is 15.9. The van der Waals surface area contributed by atoms with Crippen LogP contribution in [0.2, 0.25) is 0 Å². The topological polar surface area (TPSA) is 91.2 Å². The van der Waals surface area contributed by atoms with Crippen LogP contribution in [0.1, 0.15) is 29.9 Å². The van der Waals surface area contributed by atoms with Crippen molar-refractivity contribution in [3.8, 4) is 0 Å². The van der Waals surface area contributed by atoms with Crippen molar-refractivity contribution >= 4 is 17.6 Å². The van der Waals surface area contributed by atoms with Gasteiger partial charge in [-0.05, 0) is 25.5 Å². The molecule has 2 aromatic rings. The average Bonchev–Trinajstić information content (AvgIpc) is 2.55. The van der Waals surface area contributed by atoms with Crippen molar-refractivity contribution in [3.05, 3.63) is 42.0 Å². The molecule has 0 saturated carbocycles. The van der Waals surface area contributed by atoms with E-state index in [0.717, 1.165) is 24.5 Å². The standard InChI is InChI=1S/C15H19N5O2/c1-3-20(4-2)14-6-5-11(8-19-14)7-17-13-10-16-12(9-18-13)15(21)22/h5-6,8-10H,3-4,7H2,1-2H3,(H,17,18)(H,21,22). The Bertz CT molecular complexity index is 609. The SMILES string of the molecule is CCN(CC)c1ccc(CNc2cnc(C(=O)O)cn2)cn1. The third-order valence-electron chi connectivity index (χ3n) is 3.24. The number of anilines is 2. The summed E-state index contributed by atoms with van der Waals surface area (Å²) in [5, 5.41) is 11.8. The molecule has 116 valence electrons. The second-order valence-electron chi connectivity index (χ2n) is 4.64. The van der Waals surface area contributed by atoms with Crippen molar-refractivity contribution < 1.29 is 9.90 Å². The fraction of sp³-hybridized carbons (Fsp3) is 0.333. The predicted octanol–water partition coefficient (Wildman–Crippen LogP) is 2.03. The summed E-state index contributed by atoms with van der Waals surface area (Å²) < 4.78 is 0. The average molecular weight is 301 g/mol. The molecule has 0 aliphatic heterocycles. The van der Waals surface area contributed by atoms with Gasteiger partial charge >= 0.3 is 5.97 Å². The molecule has 0 amide bonds. The van der Waals surface area contributed by atoms with E-state index in [-0.39, 0.29) is 5.69 Å². The van der Waals surface area contributed by atoms with E-state index in [9.17, 15) is 4.79 Å². The van der Waals surface area contributed by atoms with E-state index < -0.39 is 5.97 Å². The molecule has 0 unspecified atom stereocenters. The van der Waals surface area contributed by atoms with Crippen molar-refractivity contribution in [2.45, 2.75) is 20.4 Å². The Labute approximate surface area is 129 Å². The molecule has 0 bridgehead atoms. The number of nitrogens with zero attached hydrogens (tertiary/aromatic N) is 4. The van der Waals surface area contributed by atoms with Gasteiger partial charge in [-0.3, -0.25) is 0 Å². The van der Waals surface area contributed by atoms with Crippen LogP contribution in [0.4, 0.5) is 11.6 Å². The van der Waals surface area contributed by atoms with Crippen LogP contribution in [0.15, 0.2) is 30.7 Å². The van der Waals surface area contributed by atoms with Crippen LogP contribution >= 0.6 is 0 Å². The Morgan fingerprint density at radius 1 is 1.14 bits per heavy atom. The fourth-order valence-corrected chi connectivity index (χ4v) is 1.98. The maximum absolute atomic E-state index is 10.7. The second kappa shape index (κ2) is 7.35. The molecule has 2 aromatic heterocycles. The number of hydrogen-bond donors (Lipinski definition) is 2. The van der Waals surface area contributed by atoms with E-state index in [1.165, 1.54) is 12.4 Å². The largest absolute Gasteiger partial charge is 0.476 e. The molecule has 0 saturated heterocycles. The lowest BCUT2D eigenvalue weighted by molar-refractivity contribution is 0.0690. The first-order valence-electron chi connectivity index (χ1n) is 7.13. The van der Waals surface area contributed by atoms with Crippen molar-refractivity contribution in [1.29, 1.82) is 0 Å². The van der Waals surface area contributed by atoms with Gasteiger partial charge in [0.25, 0.3) is 0 Å². The lowest BCUT2D eigenvalue weighted by Gasteiger charge is -2.19. The number of carbonyl (C=O) groups is 1. The summed E-state index contributed by atoms with van der Waals surface area (Å²) in [7, 11) is 0. The molecule has 22 heavy (non-hydrogen) atoms. The Balaban J connectivity index is 1.95. The predicted molar refractivity (Wildman–Crippen MR) is 84.1 cm³/mol. The number of hydrogen-bond acceptors (Lipinski definition) is 6. The summed E-state index contributed by atoms with van der Waals surface area (Å²) in [6, 6.07) is 4.00. The van der Waals surface area contributed by atoms with Crippen molar-refractivity contribution in [3.63, 3.8) is 0 Å². The van der Waals surface area contributed by atoms with E-state index in [1.54, 1.807) is 0 Å². The molecule has 2 N–H and O–H groups in total. The maximum Gasteiger partial charge on any atom is 0.356 e. The highest BCUT2D eigenvalue weighted by atomic mass is 16.4. The molecule has 2 rings (SSSR count). The molecular weight excluding hydrogens is 282 g/mol. The molecule has 0 aliphatic rings. The number of rotatable bonds is 7. The second-order valence-corrected chi connectivity index (χ2v) is 4.64. The summed E-state index contributed by atoms with van der Waals surface area (Å²) >= 11 is 0. The van der Waals surface area contributed by atoms with Gasteiger partial charge in [0.2, 0.25) is 0 Å². The zero-order valence-corrected chi connectivity index (χ0v) is 12.7. The monoisotopic (exact) mass is 301 g/mol. The normalized spacial score (nSPS) is 10.3. The van der Waals surface area contributed by atoms with Crippen LogP contribution in [0.25, 0.3) is 0 Å². The third-order valence-corrected chi connectivity index (χ3v) is 3.24. The number of aromatic carboxylic acids is 1. The fourth-order valence-electron chi connectivity index (χ4n) is 1.98. The van der Waals surface area contributed by atoms with Gasteiger partial charge in [0.05, 0.1) is 12.4 Å². The number of carboxylic acids is 1. The highest BCUT2D eigenvalue weighted by Gasteiger charge is 2.05. The van der Waals surface area contributed by atoms with Gasteiger partial charge in [0.15, 0.2) is 5.69 Å². The maximum atomic E-state index is 10.7. The lowest BCUT2D eigenvalue weighted by atomic mass is 10.2. The summed E-state index contributed by atoms with van der Waals surface area (Å²) in [5.74, 6) is 0.396. The molecule has 2 heterocycles. The van der Waals surface area contributed by atoms with Crippen LogP contribution < -0.4 is 10.2 Å². The van der Waals surface area contributed by atoms with Gasteiger partial charge in [0, 0.05) is 25.8 Å². The van der Waals surface area contributed by atoms with Gasteiger partial charge in [0.1, 0.15) is 11.6 Å². The van der Waals surface area contributed by atoms with Gasteiger partial charge in [-0.1, -0.05) is 6.07 Å². The first-order chi connectivity index (χ1) is 10.6. The third kappa shape index (κ3) is 3.91. The smallest absolute Gasteiger partial charge is 0.356 e. The van der Waals surface area contributed by atoms with Crippen LogP contribution in [0, 0.1) is 0 Å². The molecule has 7 heteroatoms. The quantitative estimate of drug-likeness (QED) is 0.808. The van der Waals surface area contributed by atoms with Crippen LogP contribution in [-0.4, -0.2) is 39.1 Å². The molecule has 0 radical (unpaired) electrons. The van der Waals surface area contributed by atoms with Crippen molar-refractivity contribution in [2.24, 2.45) is 0 Å². The van der Waals surface area contributed by atoms with E-state index in [2.05, 4.69) is 39.0 Å². The highest BCUT2D eigenvalue weighted by molar-refractivity contribution is 5.84. The molecule has 0 atom stereocenters. The molecule has 0 aliphatic carbocycles. The van der Waals surface area contributed by atoms with E-state index in [0.29, 0.717) is 12.4 Å². The Hall–Kier alpha value is -2.70. The number of carboxylic acid groups (broad SMARTS) is 1. The lowest BCUT2D eigenvalue weighted by Crippen LogP contribution is -2.22. The van der Waals surface area contributed by atoms with Gasteiger partial charge in [-0.25, -0.2) is 19.7 Å². The summed E-state index contributed by atoms with van der Waals surface area (Å²) in [6.45, 7) is 6.59. The first kappa shape index (κ1) is 15.7. The minimum absolute atomic E-state index is 0.0733. The van der Waals surface area contributed by atoms with E-state index >= 15 is 0 Å². The molecule has 0 spiro atoms. The van der Waals surface area contributed by atoms with Crippen molar-refractivity contribution in [2.75, 3.05) is 23.3 Å². The molecule has 0 aromatic carbocycles. The number of pyridine rings is 1. The summed E-state index contributed by atoms with van der Waals surface area (Å²) in [6.07, 6.45) is 4.45. The number of nitrogens with one attached hydrogen (secondary N) is 1. The van der Waals surface area contributed by atoms with E-state index in [1.807, 2.05) is 18.3 Å². The minimum atomic E-state index is -1.09. The first-order valence-corrected chi connectivity index (χ1v) is 7.13. The van der Waals surface area contributed by atoms with Crippen LogP contribution in [0.3, 0.4) is 0 Å².